The smallest absolute Gasteiger partial charge is 0.183 e. The highest BCUT2D eigenvalue weighted by Gasteiger charge is 2.11. The van der Waals surface area contributed by atoms with E-state index in [1.165, 1.54) is 0 Å². The Bertz CT molecular complexity index is 48.9. The van der Waals surface area contributed by atoms with Gasteiger partial charge in [0, 0.05) is 17.6 Å². The maximum absolute atomic E-state index is 5.37. The quantitative estimate of drug-likeness (QED) is 0.536. The van der Waals surface area contributed by atoms with Gasteiger partial charge in [-0.25, -0.2) is 0 Å². The van der Waals surface area contributed by atoms with Gasteiger partial charge in [-0.1, -0.05) is 0 Å². The first-order valence-corrected chi connectivity index (χ1v) is 6.11. The van der Waals surface area contributed by atoms with Crippen molar-refractivity contribution in [1.82, 2.24) is 0 Å². The van der Waals surface area contributed by atoms with Crippen LogP contribution >= 0.6 is 0 Å². The largest absolute Gasteiger partial charge is 0.418 e. The van der Waals surface area contributed by atoms with Crippen LogP contribution in [0.5, 0.6) is 0 Å². The van der Waals surface area contributed by atoms with Crippen LogP contribution in [-0.2, 0) is 4.43 Å². The molecule has 8 heavy (non-hydrogen) atoms. The van der Waals surface area contributed by atoms with Gasteiger partial charge in [0.05, 0.1) is 0 Å². The molecule has 0 saturated heterocycles. The van der Waals surface area contributed by atoms with E-state index < -0.39 is 8.32 Å². The summed E-state index contributed by atoms with van der Waals surface area (Å²) in [7, 11) is -1.16. The van der Waals surface area contributed by atoms with E-state index in [1.807, 2.05) is 6.92 Å². The van der Waals surface area contributed by atoms with Crippen molar-refractivity contribution in [2.24, 2.45) is 0 Å². The predicted molar refractivity (Wildman–Crippen MR) is 40.7 cm³/mol. The van der Waals surface area contributed by atoms with E-state index in [9.17, 15) is 0 Å². The summed E-state index contributed by atoms with van der Waals surface area (Å²) in [6.45, 7) is 9.48. The Balaban J connectivity index is 0. The van der Waals surface area contributed by atoms with Gasteiger partial charge in [0.2, 0.25) is 0 Å². The van der Waals surface area contributed by atoms with Gasteiger partial charge < -0.3 is 4.43 Å². The Hall–Kier alpha value is 0.394. The fourth-order valence-electron chi connectivity index (χ4n) is 0.433. The minimum absolute atomic E-state index is 0. The molecule has 4 radical (unpaired) electrons. The Labute approximate surface area is 57.6 Å². The Kier molecular flexibility index (Phi) is 6.02. The van der Waals surface area contributed by atoms with Crippen molar-refractivity contribution in [3.63, 3.8) is 0 Å². The monoisotopic (exact) mass is 146 g/mol. The molecule has 0 saturated carbocycles. The van der Waals surface area contributed by atoms with Crippen molar-refractivity contribution >= 4 is 19.3 Å². The van der Waals surface area contributed by atoms with Crippen LogP contribution < -0.4 is 0 Å². The van der Waals surface area contributed by atoms with Gasteiger partial charge >= 0.3 is 0 Å². The molecular formula is C5H14OSi2. The van der Waals surface area contributed by atoms with E-state index in [4.69, 9.17) is 4.43 Å². The predicted octanol–water partition coefficient (Wildman–Crippen LogP) is 1.48. The van der Waals surface area contributed by atoms with Crippen molar-refractivity contribution in [2.45, 2.75) is 26.6 Å². The van der Waals surface area contributed by atoms with Crippen molar-refractivity contribution in [1.29, 1.82) is 0 Å². The molecule has 0 aromatic carbocycles. The third-order valence-electron chi connectivity index (χ3n) is 0.577. The first-order chi connectivity index (χ1) is 3.06. The fraction of sp³-hybridized carbons (Fsp3) is 1.00. The summed E-state index contributed by atoms with van der Waals surface area (Å²) in [5, 5.41) is 0. The van der Waals surface area contributed by atoms with Crippen LogP contribution in [0.25, 0.3) is 0 Å². The van der Waals surface area contributed by atoms with E-state index in [2.05, 4.69) is 19.6 Å². The van der Waals surface area contributed by atoms with Crippen LogP contribution in [0.1, 0.15) is 6.92 Å². The summed E-state index contributed by atoms with van der Waals surface area (Å²) >= 11 is 0. The second-order valence-electron chi connectivity index (χ2n) is 2.55. The second-order valence-corrected chi connectivity index (χ2v) is 7.06. The lowest BCUT2D eigenvalue weighted by Gasteiger charge is -2.14. The van der Waals surface area contributed by atoms with E-state index >= 15 is 0 Å². The maximum atomic E-state index is 5.37. The molecule has 0 aromatic heterocycles. The minimum Gasteiger partial charge on any atom is -0.418 e. The van der Waals surface area contributed by atoms with Gasteiger partial charge in [-0.15, -0.1) is 0 Å². The van der Waals surface area contributed by atoms with Crippen LogP contribution in [-0.4, -0.2) is 25.9 Å². The molecule has 0 rings (SSSR count). The molecule has 0 aromatic rings. The highest BCUT2D eigenvalue weighted by molar-refractivity contribution is 6.69. The highest BCUT2D eigenvalue weighted by atomic mass is 28.4. The molecule has 0 heterocycles. The molecule has 0 amide bonds. The zero-order chi connectivity index (χ0) is 5.91. The topological polar surface area (TPSA) is 9.23 Å². The lowest BCUT2D eigenvalue weighted by molar-refractivity contribution is 0.334. The van der Waals surface area contributed by atoms with Crippen molar-refractivity contribution in [3.8, 4) is 0 Å². The van der Waals surface area contributed by atoms with Crippen LogP contribution in [0.4, 0.5) is 0 Å². The molecule has 0 bridgehead atoms. The van der Waals surface area contributed by atoms with Crippen LogP contribution in [0.2, 0.25) is 19.6 Å². The third kappa shape index (κ3) is 9.64. The molecule has 0 aliphatic carbocycles. The summed E-state index contributed by atoms with van der Waals surface area (Å²) in [5.41, 5.74) is 0. The lowest BCUT2D eigenvalue weighted by atomic mass is 10.9. The molecule has 48 valence electrons. The molecule has 0 aliphatic heterocycles. The Morgan fingerprint density at radius 2 is 1.62 bits per heavy atom. The van der Waals surface area contributed by atoms with Gasteiger partial charge in [-0.2, -0.15) is 0 Å². The summed E-state index contributed by atoms with van der Waals surface area (Å²) in [5.74, 6) is 0. The SMILES string of the molecule is CCO[Si](C)(C)C.[Si]. The van der Waals surface area contributed by atoms with Gasteiger partial charge in [0.15, 0.2) is 8.32 Å². The standard InChI is InChI=1S/C5H14OSi.Si/c1-5-6-7(2,3)4;/h5H2,1-4H3;. The Morgan fingerprint density at radius 1 is 1.25 bits per heavy atom. The first kappa shape index (κ1) is 11.2. The zero-order valence-electron chi connectivity index (χ0n) is 6.12. The molecule has 0 aliphatic rings. The molecule has 0 atom stereocenters. The summed E-state index contributed by atoms with van der Waals surface area (Å²) < 4.78 is 5.37. The average Bonchev–Trinajstić information content (AvgIpc) is 1.30. The fourth-order valence-corrected chi connectivity index (χ4v) is 1.30. The molecule has 3 heteroatoms. The van der Waals surface area contributed by atoms with Crippen molar-refractivity contribution < 1.29 is 4.43 Å². The number of hydrogen-bond donors (Lipinski definition) is 0. The van der Waals surface area contributed by atoms with E-state index in [-0.39, 0.29) is 11.0 Å². The van der Waals surface area contributed by atoms with Gasteiger partial charge in [0.25, 0.3) is 0 Å². The average molecular weight is 146 g/mol. The maximum Gasteiger partial charge on any atom is 0.183 e. The van der Waals surface area contributed by atoms with Crippen LogP contribution in [0, 0.1) is 0 Å². The normalized spacial score (nSPS) is 10.5. The third-order valence-corrected chi connectivity index (χ3v) is 1.73. The molecule has 0 fully saturated rings. The Morgan fingerprint density at radius 3 is 1.62 bits per heavy atom. The molecule has 0 N–H and O–H groups in total. The highest BCUT2D eigenvalue weighted by Crippen LogP contribution is 2.00. The van der Waals surface area contributed by atoms with Gasteiger partial charge in [0.1, 0.15) is 0 Å². The molecule has 1 nitrogen and oxygen atoms in total. The van der Waals surface area contributed by atoms with E-state index in [0.717, 1.165) is 6.61 Å². The van der Waals surface area contributed by atoms with Crippen LogP contribution in [0.15, 0.2) is 0 Å². The second kappa shape index (κ2) is 4.29. The summed E-state index contributed by atoms with van der Waals surface area (Å²) in [4.78, 5) is 0. The van der Waals surface area contributed by atoms with E-state index in [1.54, 1.807) is 0 Å². The molecule has 0 spiro atoms. The van der Waals surface area contributed by atoms with Crippen LogP contribution in [0.3, 0.4) is 0 Å². The number of hydrogen-bond acceptors (Lipinski definition) is 1. The zero-order valence-corrected chi connectivity index (χ0v) is 8.12. The van der Waals surface area contributed by atoms with Crippen molar-refractivity contribution in [3.05, 3.63) is 0 Å². The first-order valence-electron chi connectivity index (χ1n) is 2.70. The summed E-state index contributed by atoms with van der Waals surface area (Å²) in [6.07, 6.45) is 0. The number of rotatable bonds is 2. The molecule has 0 unspecified atom stereocenters. The lowest BCUT2D eigenvalue weighted by Crippen LogP contribution is -2.24. The summed E-state index contributed by atoms with van der Waals surface area (Å²) in [6, 6.07) is 0. The molecular weight excluding hydrogens is 132 g/mol. The van der Waals surface area contributed by atoms with E-state index in [0.29, 0.717) is 0 Å². The minimum atomic E-state index is -1.16. The van der Waals surface area contributed by atoms with Gasteiger partial charge in [-0.05, 0) is 26.6 Å². The van der Waals surface area contributed by atoms with Crippen molar-refractivity contribution in [2.75, 3.05) is 6.61 Å². The van der Waals surface area contributed by atoms with Gasteiger partial charge in [-0.3, -0.25) is 0 Å².